The van der Waals surface area contributed by atoms with Crippen molar-refractivity contribution in [2.45, 2.75) is 32.0 Å². The second-order valence-corrected chi connectivity index (χ2v) is 8.69. The zero-order valence-electron chi connectivity index (χ0n) is 18.4. The number of hydrogen-bond donors (Lipinski definition) is 1. The normalized spacial score (nSPS) is 18.6. The number of hydrogen-bond acceptors (Lipinski definition) is 5. The number of aromatic nitrogens is 3. The van der Waals surface area contributed by atoms with Crippen molar-refractivity contribution in [1.29, 1.82) is 0 Å². The first-order chi connectivity index (χ1) is 16.2. The lowest BCUT2D eigenvalue weighted by molar-refractivity contribution is -0.137. The molecule has 10 heteroatoms. The van der Waals surface area contributed by atoms with Crippen molar-refractivity contribution >= 4 is 23.3 Å². The van der Waals surface area contributed by atoms with Crippen LogP contribution in [0.5, 0.6) is 0 Å². The highest BCUT2D eigenvalue weighted by molar-refractivity contribution is 6.31. The Labute approximate surface area is 200 Å². The molecule has 6 nitrogen and oxygen atoms in total. The van der Waals surface area contributed by atoms with E-state index in [1.807, 2.05) is 0 Å². The van der Waals surface area contributed by atoms with Gasteiger partial charge in [0.2, 0.25) is 0 Å². The number of alkyl halides is 3. The number of pyridine rings is 1. The van der Waals surface area contributed by atoms with Gasteiger partial charge in [-0.3, -0.25) is 4.79 Å². The molecule has 2 aromatic heterocycles. The third-order valence-corrected chi connectivity index (χ3v) is 6.21. The molecular formula is C24H23ClF3N5O. The van der Waals surface area contributed by atoms with E-state index in [1.165, 1.54) is 6.07 Å². The zero-order valence-corrected chi connectivity index (χ0v) is 19.1. The molecule has 0 radical (unpaired) electrons. The van der Waals surface area contributed by atoms with Crippen molar-refractivity contribution in [1.82, 2.24) is 19.9 Å². The van der Waals surface area contributed by atoms with Crippen LogP contribution in [0.15, 0.2) is 55.0 Å². The Morgan fingerprint density at radius 2 is 1.94 bits per heavy atom. The SMILES string of the molecule is C[C@@H]1CCCN(C(=O)c2cc(Cl)ccc2-c2ncccn2)[C@@H]1CNc1ccc(C(F)(F)F)cn1. The van der Waals surface area contributed by atoms with Crippen LogP contribution in [-0.2, 0) is 6.18 Å². The number of amides is 1. The fourth-order valence-electron chi connectivity index (χ4n) is 4.17. The topological polar surface area (TPSA) is 71.0 Å². The lowest BCUT2D eigenvalue weighted by atomic mass is 9.89. The van der Waals surface area contributed by atoms with Gasteiger partial charge in [-0.1, -0.05) is 18.5 Å². The van der Waals surface area contributed by atoms with Gasteiger partial charge in [0.15, 0.2) is 5.82 Å². The second kappa shape index (κ2) is 9.97. The molecule has 0 spiro atoms. The largest absolute Gasteiger partial charge is 0.417 e. The van der Waals surface area contributed by atoms with E-state index in [-0.39, 0.29) is 17.9 Å². The third kappa shape index (κ3) is 5.30. The van der Waals surface area contributed by atoms with Crippen LogP contribution in [0.2, 0.25) is 5.02 Å². The molecule has 3 aromatic rings. The molecule has 178 valence electrons. The van der Waals surface area contributed by atoms with Crippen molar-refractivity contribution in [3.05, 3.63) is 71.1 Å². The summed E-state index contributed by atoms with van der Waals surface area (Å²) in [6, 6.07) is 8.84. The quantitative estimate of drug-likeness (QED) is 0.508. The summed E-state index contributed by atoms with van der Waals surface area (Å²) in [5, 5.41) is 3.52. The highest BCUT2D eigenvalue weighted by Crippen LogP contribution is 2.31. The minimum atomic E-state index is -4.44. The number of halogens is 4. The molecule has 1 aromatic carbocycles. The molecule has 1 amide bonds. The predicted molar refractivity (Wildman–Crippen MR) is 123 cm³/mol. The number of nitrogens with zero attached hydrogens (tertiary/aromatic N) is 4. The van der Waals surface area contributed by atoms with E-state index < -0.39 is 11.7 Å². The monoisotopic (exact) mass is 489 g/mol. The van der Waals surface area contributed by atoms with Gasteiger partial charge in [-0.05, 0) is 55.2 Å². The summed E-state index contributed by atoms with van der Waals surface area (Å²) in [6.45, 7) is 2.96. The summed E-state index contributed by atoms with van der Waals surface area (Å²) >= 11 is 6.23. The van der Waals surface area contributed by atoms with Gasteiger partial charge in [0.05, 0.1) is 17.2 Å². The summed E-state index contributed by atoms with van der Waals surface area (Å²) in [5.41, 5.74) is 0.187. The molecule has 1 aliphatic heterocycles. The lowest BCUT2D eigenvalue weighted by Crippen LogP contribution is -2.51. The van der Waals surface area contributed by atoms with E-state index >= 15 is 0 Å². The summed E-state index contributed by atoms with van der Waals surface area (Å²) in [4.78, 5) is 27.9. The first-order valence-corrected chi connectivity index (χ1v) is 11.3. The average Bonchev–Trinajstić information content (AvgIpc) is 2.83. The summed E-state index contributed by atoms with van der Waals surface area (Å²) in [6.07, 6.45) is 1.35. The maximum Gasteiger partial charge on any atom is 0.417 e. The number of likely N-dealkylation sites (tertiary alicyclic amines) is 1. The Morgan fingerprint density at radius 1 is 1.18 bits per heavy atom. The number of piperidine rings is 1. The van der Waals surface area contributed by atoms with Crippen LogP contribution in [0.3, 0.4) is 0 Å². The number of carbonyl (C=O) groups is 1. The Balaban J connectivity index is 1.57. The van der Waals surface area contributed by atoms with E-state index in [0.29, 0.717) is 40.9 Å². The van der Waals surface area contributed by atoms with Gasteiger partial charge in [-0.15, -0.1) is 0 Å². The molecule has 2 atom stereocenters. The Hall–Kier alpha value is -3.20. The number of nitrogens with one attached hydrogen (secondary N) is 1. The van der Waals surface area contributed by atoms with Gasteiger partial charge in [0.1, 0.15) is 5.82 Å². The van der Waals surface area contributed by atoms with Crippen LogP contribution in [0.4, 0.5) is 19.0 Å². The highest BCUT2D eigenvalue weighted by atomic mass is 35.5. The molecule has 4 rings (SSSR count). The minimum absolute atomic E-state index is 0.176. The van der Waals surface area contributed by atoms with Crippen molar-refractivity contribution in [3.63, 3.8) is 0 Å². The number of anilines is 1. The van der Waals surface area contributed by atoms with Gasteiger partial charge in [0, 0.05) is 42.3 Å². The predicted octanol–water partition coefficient (Wildman–Crippen LogP) is 5.56. The fourth-order valence-corrected chi connectivity index (χ4v) is 4.34. The smallest absolute Gasteiger partial charge is 0.368 e. The highest BCUT2D eigenvalue weighted by Gasteiger charge is 2.34. The van der Waals surface area contributed by atoms with Gasteiger partial charge in [-0.2, -0.15) is 13.2 Å². The molecule has 0 saturated carbocycles. The van der Waals surface area contributed by atoms with E-state index in [9.17, 15) is 18.0 Å². The number of rotatable bonds is 5. The molecule has 1 aliphatic rings. The van der Waals surface area contributed by atoms with E-state index in [2.05, 4.69) is 27.2 Å². The molecule has 1 fully saturated rings. The molecular weight excluding hydrogens is 467 g/mol. The fraction of sp³-hybridized carbons (Fsp3) is 0.333. The maximum absolute atomic E-state index is 13.7. The van der Waals surface area contributed by atoms with Crippen LogP contribution >= 0.6 is 11.6 Å². The Kier molecular flexibility index (Phi) is 7.02. The van der Waals surface area contributed by atoms with Crippen molar-refractivity contribution in [2.24, 2.45) is 5.92 Å². The van der Waals surface area contributed by atoms with Crippen LogP contribution < -0.4 is 5.32 Å². The molecule has 0 aliphatic carbocycles. The Morgan fingerprint density at radius 3 is 2.62 bits per heavy atom. The maximum atomic E-state index is 13.7. The molecule has 3 heterocycles. The third-order valence-electron chi connectivity index (χ3n) is 5.98. The van der Waals surface area contributed by atoms with Crippen LogP contribution in [0.1, 0.15) is 35.7 Å². The van der Waals surface area contributed by atoms with E-state index in [1.54, 1.807) is 41.6 Å². The summed E-state index contributed by atoms with van der Waals surface area (Å²) in [5.74, 6) is 0.731. The first kappa shape index (κ1) is 23.9. The van der Waals surface area contributed by atoms with Crippen molar-refractivity contribution in [3.8, 4) is 11.4 Å². The minimum Gasteiger partial charge on any atom is -0.368 e. The van der Waals surface area contributed by atoms with E-state index in [4.69, 9.17) is 11.6 Å². The molecule has 0 unspecified atom stereocenters. The van der Waals surface area contributed by atoms with Crippen molar-refractivity contribution < 1.29 is 18.0 Å². The van der Waals surface area contributed by atoms with Crippen LogP contribution in [-0.4, -0.2) is 44.9 Å². The molecule has 0 bridgehead atoms. The zero-order chi connectivity index (χ0) is 24.3. The van der Waals surface area contributed by atoms with Crippen molar-refractivity contribution in [2.75, 3.05) is 18.4 Å². The van der Waals surface area contributed by atoms with Gasteiger partial charge >= 0.3 is 6.18 Å². The number of benzene rings is 1. The molecule has 1 N–H and O–H groups in total. The van der Waals surface area contributed by atoms with Gasteiger partial charge < -0.3 is 10.2 Å². The molecule has 1 saturated heterocycles. The summed E-state index contributed by atoms with van der Waals surface area (Å²) in [7, 11) is 0. The standard InChI is InChI=1S/C24H23ClF3N5O/c1-15-4-2-11-33(20(15)14-32-21-8-5-16(13-31-21)24(26,27)28)23(34)19-12-17(25)6-7-18(19)22-29-9-3-10-30-22/h3,5-10,12-13,15,20H,2,4,11,14H2,1H3,(H,31,32)/t15-,20-/m1/s1. The lowest BCUT2D eigenvalue weighted by Gasteiger charge is -2.40. The van der Waals surface area contributed by atoms with Gasteiger partial charge in [-0.25, -0.2) is 15.0 Å². The number of carbonyl (C=O) groups excluding carboxylic acids is 1. The second-order valence-electron chi connectivity index (χ2n) is 8.26. The van der Waals surface area contributed by atoms with E-state index in [0.717, 1.165) is 25.1 Å². The van der Waals surface area contributed by atoms with Crippen LogP contribution in [0.25, 0.3) is 11.4 Å². The first-order valence-electron chi connectivity index (χ1n) is 10.9. The summed E-state index contributed by atoms with van der Waals surface area (Å²) < 4.78 is 38.4. The Bertz CT molecular complexity index is 1140. The van der Waals surface area contributed by atoms with Gasteiger partial charge in [0.25, 0.3) is 5.91 Å². The molecule has 34 heavy (non-hydrogen) atoms. The average molecular weight is 490 g/mol. The van der Waals surface area contributed by atoms with Crippen LogP contribution in [0, 0.1) is 5.92 Å².